The van der Waals surface area contributed by atoms with Gasteiger partial charge in [0, 0.05) is 6.42 Å². The highest BCUT2D eigenvalue weighted by Gasteiger charge is 2.48. The first kappa shape index (κ1) is 21.8. The van der Waals surface area contributed by atoms with E-state index in [0.29, 0.717) is 35.7 Å². The Morgan fingerprint density at radius 2 is 1.71 bits per heavy atom. The molecule has 160 valence electrons. The van der Waals surface area contributed by atoms with E-state index < -0.39 is 15.8 Å². The second-order valence-electron chi connectivity index (χ2n) is 9.02. The minimum absolute atomic E-state index is 0.211. The maximum atomic E-state index is 12.7. The number of allylic oxidation sites excluding steroid dienone is 2. The lowest BCUT2D eigenvalue weighted by Gasteiger charge is -2.27. The zero-order valence-corrected chi connectivity index (χ0v) is 17.7. The number of rotatable bonds is 11. The minimum Gasteiger partial charge on any atom is -0.481 e. The van der Waals surface area contributed by atoms with Gasteiger partial charge in [-0.3, -0.25) is 4.79 Å². The van der Waals surface area contributed by atoms with E-state index in [1.54, 1.807) is 0 Å². The Morgan fingerprint density at radius 3 is 2.43 bits per heavy atom. The Hall–Kier alpha value is -0.880. The van der Waals surface area contributed by atoms with E-state index in [1.807, 2.05) is 0 Å². The van der Waals surface area contributed by atoms with Gasteiger partial charge in [-0.1, -0.05) is 31.4 Å². The number of carboxylic acid groups (broad SMARTS) is 1. The molecule has 0 aromatic carbocycles. The molecule has 0 aromatic rings. The summed E-state index contributed by atoms with van der Waals surface area (Å²) in [6.45, 7) is 0. The van der Waals surface area contributed by atoms with Crippen LogP contribution in [0.15, 0.2) is 12.2 Å². The average molecular weight is 413 g/mol. The van der Waals surface area contributed by atoms with Gasteiger partial charge in [-0.05, 0) is 69.1 Å². The van der Waals surface area contributed by atoms with Crippen molar-refractivity contribution in [3.05, 3.63) is 12.2 Å². The summed E-state index contributed by atoms with van der Waals surface area (Å²) in [6, 6.07) is 0. The van der Waals surface area contributed by atoms with Crippen LogP contribution in [0.25, 0.3) is 0 Å². The first-order valence-electron chi connectivity index (χ1n) is 11.2. The van der Waals surface area contributed by atoms with Crippen molar-refractivity contribution in [2.24, 2.45) is 17.8 Å². The number of carbonyl (C=O) groups is 1. The Morgan fingerprint density at radius 1 is 1.00 bits per heavy atom. The van der Waals surface area contributed by atoms with Crippen LogP contribution < -0.4 is 0 Å². The Kier molecular flexibility index (Phi) is 7.98. The van der Waals surface area contributed by atoms with Crippen LogP contribution in [0.3, 0.4) is 0 Å². The number of aliphatic carboxylic acids is 1. The zero-order valence-electron chi connectivity index (χ0n) is 16.9. The van der Waals surface area contributed by atoms with Gasteiger partial charge in [0.2, 0.25) is 0 Å². The molecular formula is C22H36O5S. The van der Waals surface area contributed by atoms with Crippen molar-refractivity contribution >= 4 is 15.8 Å². The molecule has 4 atom stereocenters. The first-order chi connectivity index (χ1) is 13.4. The predicted molar refractivity (Wildman–Crippen MR) is 110 cm³/mol. The highest BCUT2D eigenvalue weighted by atomic mass is 32.2. The van der Waals surface area contributed by atoms with Crippen LogP contribution in [0, 0.1) is 17.8 Å². The second-order valence-corrected chi connectivity index (χ2v) is 11.2. The molecule has 2 heterocycles. The smallest absolute Gasteiger partial charge is 0.303 e. The van der Waals surface area contributed by atoms with Gasteiger partial charge in [-0.15, -0.1) is 0 Å². The lowest BCUT2D eigenvalue weighted by atomic mass is 9.76. The molecule has 1 aliphatic carbocycles. The highest BCUT2D eigenvalue weighted by Crippen LogP contribution is 2.46. The molecule has 2 aliphatic heterocycles. The fourth-order valence-electron chi connectivity index (χ4n) is 5.45. The van der Waals surface area contributed by atoms with Crippen LogP contribution in [0.1, 0.15) is 77.0 Å². The van der Waals surface area contributed by atoms with Crippen LogP contribution in [-0.2, 0) is 19.4 Å². The SMILES string of the molecule is O=C(O)CCC/C=C\C[C@@H]1[C@H](CCS(=O)(=O)CC2CCCCC2)[C@@H]2CC[C@H]1O2. The van der Waals surface area contributed by atoms with Gasteiger partial charge in [0.05, 0.1) is 23.7 Å². The molecule has 1 N–H and O–H groups in total. The van der Waals surface area contributed by atoms with Gasteiger partial charge in [0.1, 0.15) is 0 Å². The summed E-state index contributed by atoms with van der Waals surface area (Å²) in [6.07, 6.45) is 16.0. The monoisotopic (exact) mass is 412 g/mol. The third kappa shape index (κ3) is 6.31. The topological polar surface area (TPSA) is 80.7 Å². The molecule has 3 fully saturated rings. The molecule has 2 bridgehead atoms. The number of hydrogen-bond donors (Lipinski definition) is 1. The number of fused-ring (bicyclic) bond motifs is 2. The van der Waals surface area contributed by atoms with Crippen molar-refractivity contribution in [2.75, 3.05) is 11.5 Å². The predicted octanol–water partition coefficient (Wildman–Crippen LogP) is 4.37. The van der Waals surface area contributed by atoms with Crippen molar-refractivity contribution < 1.29 is 23.1 Å². The first-order valence-corrected chi connectivity index (χ1v) is 13.0. The van der Waals surface area contributed by atoms with E-state index in [4.69, 9.17) is 9.84 Å². The van der Waals surface area contributed by atoms with Gasteiger partial charge in [-0.25, -0.2) is 8.42 Å². The molecule has 2 saturated heterocycles. The number of ether oxygens (including phenoxy) is 1. The summed E-state index contributed by atoms with van der Waals surface area (Å²) in [5.41, 5.74) is 0. The van der Waals surface area contributed by atoms with Gasteiger partial charge in [0.25, 0.3) is 0 Å². The van der Waals surface area contributed by atoms with Gasteiger partial charge >= 0.3 is 5.97 Å². The number of carboxylic acids is 1. The number of unbranched alkanes of at least 4 members (excludes halogenated alkanes) is 1. The normalized spacial score (nSPS) is 31.0. The summed E-state index contributed by atoms with van der Waals surface area (Å²) < 4.78 is 31.4. The summed E-state index contributed by atoms with van der Waals surface area (Å²) in [4.78, 5) is 10.6. The molecule has 0 amide bonds. The van der Waals surface area contributed by atoms with Gasteiger partial charge in [-0.2, -0.15) is 0 Å². The Labute approximate surface area is 169 Å². The van der Waals surface area contributed by atoms with Crippen LogP contribution in [0.2, 0.25) is 0 Å². The quantitative estimate of drug-likeness (QED) is 0.403. The summed E-state index contributed by atoms with van der Waals surface area (Å²) in [5.74, 6) is 1.08. The van der Waals surface area contributed by atoms with Crippen LogP contribution in [0.4, 0.5) is 0 Å². The maximum absolute atomic E-state index is 12.7. The molecule has 1 saturated carbocycles. The van der Waals surface area contributed by atoms with Gasteiger partial charge in [0.15, 0.2) is 9.84 Å². The average Bonchev–Trinajstić information content (AvgIpc) is 3.25. The van der Waals surface area contributed by atoms with E-state index in [9.17, 15) is 13.2 Å². The molecule has 0 unspecified atom stereocenters. The zero-order chi connectivity index (χ0) is 20.0. The fourth-order valence-corrected chi connectivity index (χ4v) is 7.30. The van der Waals surface area contributed by atoms with Crippen molar-refractivity contribution in [1.29, 1.82) is 0 Å². The molecular weight excluding hydrogens is 376 g/mol. The van der Waals surface area contributed by atoms with Crippen LogP contribution >= 0.6 is 0 Å². The Bertz CT molecular complexity index is 635. The maximum Gasteiger partial charge on any atom is 0.303 e. The van der Waals surface area contributed by atoms with E-state index in [2.05, 4.69) is 12.2 Å². The third-order valence-electron chi connectivity index (χ3n) is 6.90. The summed E-state index contributed by atoms with van der Waals surface area (Å²) in [5, 5.41) is 8.69. The second kappa shape index (κ2) is 10.2. The van der Waals surface area contributed by atoms with E-state index in [-0.39, 0.29) is 18.6 Å². The molecule has 0 aromatic heterocycles. The number of sulfone groups is 1. The van der Waals surface area contributed by atoms with Crippen molar-refractivity contribution in [3.63, 3.8) is 0 Å². The fraction of sp³-hybridized carbons (Fsp3) is 0.864. The molecule has 0 radical (unpaired) electrons. The highest BCUT2D eigenvalue weighted by molar-refractivity contribution is 7.91. The van der Waals surface area contributed by atoms with Crippen LogP contribution in [0.5, 0.6) is 0 Å². The van der Waals surface area contributed by atoms with Crippen molar-refractivity contribution in [3.8, 4) is 0 Å². The van der Waals surface area contributed by atoms with Crippen molar-refractivity contribution in [2.45, 2.75) is 89.3 Å². The largest absolute Gasteiger partial charge is 0.481 e. The Balaban J connectivity index is 1.46. The molecule has 6 heteroatoms. The summed E-state index contributed by atoms with van der Waals surface area (Å²) in [7, 11) is -2.98. The lowest BCUT2D eigenvalue weighted by Crippen LogP contribution is -2.30. The van der Waals surface area contributed by atoms with E-state index in [1.165, 1.54) is 19.3 Å². The molecule has 5 nitrogen and oxygen atoms in total. The van der Waals surface area contributed by atoms with Crippen molar-refractivity contribution in [1.82, 2.24) is 0 Å². The van der Waals surface area contributed by atoms with Gasteiger partial charge < -0.3 is 9.84 Å². The van der Waals surface area contributed by atoms with E-state index in [0.717, 1.165) is 44.9 Å². The summed E-state index contributed by atoms with van der Waals surface area (Å²) >= 11 is 0. The number of hydrogen-bond acceptors (Lipinski definition) is 4. The molecule has 0 spiro atoms. The molecule has 3 aliphatic rings. The lowest BCUT2D eigenvalue weighted by molar-refractivity contribution is -0.137. The molecule has 28 heavy (non-hydrogen) atoms. The standard InChI is InChI=1S/C22H36O5S/c23-22(24)11-7-2-1-6-10-18-19(21-13-12-20(18)27-21)14-15-28(25,26)16-17-8-4-3-5-9-17/h1,6,17-21H,2-5,7-16H2,(H,23,24)/b6-1-/t18-,19+,20-,21+/m1/s1. The van der Waals surface area contributed by atoms with E-state index >= 15 is 0 Å². The minimum atomic E-state index is -2.98. The third-order valence-corrected chi connectivity index (χ3v) is 8.74. The van der Waals surface area contributed by atoms with Crippen LogP contribution in [-0.4, -0.2) is 43.2 Å². The molecule has 3 rings (SSSR count).